The molecule has 1 fully saturated rings. The molecule has 0 radical (unpaired) electrons. The first kappa shape index (κ1) is 20.2. The van der Waals surface area contributed by atoms with Gasteiger partial charge in [0.15, 0.2) is 0 Å². The number of amides is 2. The van der Waals surface area contributed by atoms with Crippen molar-refractivity contribution in [1.29, 1.82) is 0 Å². The topological polar surface area (TPSA) is 76.0 Å². The smallest absolute Gasteiger partial charge is 0.315 e. The highest BCUT2D eigenvalue weighted by molar-refractivity contribution is 5.86. The molecule has 0 bridgehead atoms. The van der Waals surface area contributed by atoms with Gasteiger partial charge in [-0.05, 0) is 35.2 Å². The van der Waals surface area contributed by atoms with Crippen molar-refractivity contribution < 1.29 is 4.79 Å². The molecule has 162 valence electrons. The van der Waals surface area contributed by atoms with Gasteiger partial charge in [0.25, 0.3) is 5.56 Å². The van der Waals surface area contributed by atoms with Gasteiger partial charge in [-0.25, -0.2) is 9.48 Å². The summed E-state index contributed by atoms with van der Waals surface area (Å²) in [4.78, 5) is 25.5. The Kier molecular flexibility index (Phi) is 5.58. The van der Waals surface area contributed by atoms with Crippen LogP contribution < -0.4 is 16.2 Å². The van der Waals surface area contributed by atoms with Gasteiger partial charge in [-0.1, -0.05) is 73.5 Å². The van der Waals surface area contributed by atoms with Gasteiger partial charge in [0.05, 0.1) is 23.7 Å². The van der Waals surface area contributed by atoms with Crippen LogP contribution in [-0.2, 0) is 13.1 Å². The van der Waals surface area contributed by atoms with E-state index in [1.165, 1.54) is 0 Å². The van der Waals surface area contributed by atoms with Crippen LogP contribution in [-0.4, -0.2) is 15.8 Å². The van der Waals surface area contributed by atoms with Crippen LogP contribution >= 0.6 is 0 Å². The predicted octanol–water partition coefficient (Wildman–Crippen LogP) is 4.66. The van der Waals surface area contributed by atoms with E-state index in [1.54, 1.807) is 4.68 Å². The summed E-state index contributed by atoms with van der Waals surface area (Å²) in [6.07, 6.45) is 4.19. The molecule has 2 amide bonds. The van der Waals surface area contributed by atoms with Gasteiger partial charge in [0, 0.05) is 11.9 Å². The highest BCUT2D eigenvalue weighted by atomic mass is 16.2. The molecule has 1 aliphatic carbocycles. The zero-order valence-electron chi connectivity index (χ0n) is 17.9. The molecule has 0 unspecified atom stereocenters. The van der Waals surface area contributed by atoms with E-state index in [4.69, 9.17) is 0 Å². The molecule has 5 rings (SSSR count). The minimum atomic E-state index is -0.262. The second-order valence-corrected chi connectivity index (χ2v) is 8.35. The molecule has 0 aliphatic heterocycles. The van der Waals surface area contributed by atoms with Crippen LogP contribution in [0.5, 0.6) is 0 Å². The molecule has 2 N–H and O–H groups in total. The quantitative estimate of drug-likeness (QED) is 0.487. The fourth-order valence-corrected chi connectivity index (χ4v) is 4.65. The van der Waals surface area contributed by atoms with Crippen LogP contribution in [0, 0.1) is 0 Å². The molecule has 1 saturated carbocycles. The Labute approximate surface area is 186 Å². The fraction of sp³-hybridized carbons (Fsp3) is 0.269. The van der Waals surface area contributed by atoms with Gasteiger partial charge < -0.3 is 10.6 Å². The lowest BCUT2D eigenvalue weighted by Gasteiger charge is -2.16. The molecule has 0 saturated heterocycles. The lowest BCUT2D eigenvalue weighted by Crippen LogP contribution is -2.36. The molecule has 32 heavy (non-hydrogen) atoms. The van der Waals surface area contributed by atoms with E-state index in [0.29, 0.717) is 17.6 Å². The normalized spacial score (nSPS) is 14.1. The SMILES string of the molecule is O=C(NCc1cccc2ccccc12)NCc1nn(C2CCCC2)c(=O)c2ccccc12. The molecule has 3 aromatic carbocycles. The molecule has 6 nitrogen and oxygen atoms in total. The minimum absolute atomic E-state index is 0.0448. The van der Waals surface area contributed by atoms with Gasteiger partial charge >= 0.3 is 6.03 Å². The zero-order chi connectivity index (χ0) is 21.9. The van der Waals surface area contributed by atoms with Gasteiger partial charge in [-0.2, -0.15) is 5.10 Å². The fourth-order valence-electron chi connectivity index (χ4n) is 4.65. The Balaban J connectivity index is 1.33. The minimum Gasteiger partial charge on any atom is -0.334 e. The maximum Gasteiger partial charge on any atom is 0.315 e. The molecule has 0 spiro atoms. The van der Waals surface area contributed by atoms with E-state index in [-0.39, 0.29) is 24.2 Å². The van der Waals surface area contributed by atoms with Gasteiger partial charge in [0.2, 0.25) is 0 Å². The number of benzene rings is 3. The van der Waals surface area contributed by atoms with Gasteiger partial charge in [-0.15, -0.1) is 0 Å². The van der Waals surface area contributed by atoms with E-state index in [2.05, 4.69) is 33.9 Å². The lowest BCUT2D eigenvalue weighted by molar-refractivity contribution is 0.240. The second-order valence-electron chi connectivity index (χ2n) is 8.35. The van der Waals surface area contributed by atoms with Crippen molar-refractivity contribution in [2.24, 2.45) is 0 Å². The molecule has 1 aromatic heterocycles. The predicted molar refractivity (Wildman–Crippen MR) is 127 cm³/mol. The van der Waals surface area contributed by atoms with Crippen LogP contribution in [0.15, 0.2) is 71.5 Å². The lowest BCUT2D eigenvalue weighted by atomic mass is 10.0. The van der Waals surface area contributed by atoms with Crippen molar-refractivity contribution in [2.75, 3.05) is 0 Å². The van der Waals surface area contributed by atoms with Crippen LogP contribution in [0.2, 0.25) is 0 Å². The van der Waals surface area contributed by atoms with Crippen molar-refractivity contribution in [3.05, 3.63) is 88.3 Å². The standard InChI is InChI=1S/C26H26N4O2/c31-25-23-15-6-5-14-22(23)24(29-30(25)20-11-2-3-12-20)17-28-26(32)27-16-19-10-7-9-18-8-1-4-13-21(18)19/h1,4-10,13-15,20H,2-3,11-12,16-17H2,(H2,27,28,32). The van der Waals surface area contributed by atoms with Crippen LogP contribution in [0.25, 0.3) is 21.5 Å². The van der Waals surface area contributed by atoms with Gasteiger partial charge in [-0.3, -0.25) is 4.79 Å². The highest BCUT2D eigenvalue weighted by Gasteiger charge is 2.21. The van der Waals surface area contributed by atoms with Crippen LogP contribution in [0.3, 0.4) is 0 Å². The van der Waals surface area contributed by atoms with Crippen molar-refractivity contribution >= 4 is 27.6 Å². The maximum absolute atomic E-state index is 13.0. The Hall–Kier alpha value is -3.67. The average Bonchev–Trinajstić information content (AvgIpc) is 3.37. The third kappa shape index (κ3) is 3.96. The Bertz CT molecular complexity index is 1330. The molecular weight excluding hydrogens is 400 g/mol. The van der Waals surface area contributed by atoms with Crippen molar-refractivity contribution in [3.63, 3.8) is 0 Å². The summed E-state index contributed by atoms with van der Waals surface area (Å²) >= 11 is 0. The number of urea groups is 1. The first-order valence-electron chi connectivity index (χ1n) is 11.2. The van der Waals surface area contributed by atoms with Gasteiger partial charge in [0.1, 0.15) is 0 Å². The largest absolute Gasteiger partial charge is 0.334 e. The molecular formula is C26H26N4O2. The van der Waals surface area contributed by atoms with Crippen LogP contribution in [0.1, 0.15) is 43.0 Å². The first-order valence-corrected chi connectivity index (χ1v) is 11.2. The number of nitrogens with zero attached hydrogens (tertiary/aromatic N) is 2. The van der Waals surface area contributed by atoms with Crippen molar-refractivity contribution in [3.8, 4) is 0 Å². The van der Waals surface area contributed by atoms with Crippen molar-refractivity contribution in [2.45, 2.75) is 44.8 Å². The Morgan fingerprint density at radius 3 is 2.31 bits per heavy atom. The van der Waals surface area contributed by atoms with Crippen LogP contribution in [0.4, 0.5) is 4.79 Å². The summed E-state index contributed by atoms with van der Waals surface area (Å²) < 4.78 is 1.64. The number of rotatable bonds is 5. The highest BCUT2D eigenvalue weighted by Crippen LogP contribution is 2.28. The molecule has 0 atom stereocenters. The number of nitrogens with one attached hydrogen (secondary N) is 2. The third-order valence-corrected chi connectivity index (χ3v) is 6.31. The monoisotopic (exact) mass is 426 g/mol. The van der Waals surface area contributed by atoms with E-state index in [0.717, 1.165) is 47.4 Å². The third-order valence-electron chi connectivity index (χ3n) is 6.31. The number of aromatic nitrogens is 2. The summed E-state index contributed by atoms with van der Waals surface area (Å²) in [5.41, 5.74) is 1.74. The summed E-state index contributed by atoms with van der Waals surface area (Å²) in [5, 5.41) is 14.3. The number of hydrogen-bond donors (Lipinski definition) is 2. The summed E-state index contributed by atoms with van der Waals surface area (Å²) in [5.74, 6) is 0. The van der Waals surface area contributed by atoms with Crippen molar-refractivity contribution in [1.82, 2.24) is 20.4 Å². The Morgan fingerprint density at radius 2 is 1.50 bits per heavy atom. The molecule has 1 heterocycles. The number of carbonyl (C=O) groups is 1. The second kappa shape index (κ2) is 8.83. The maximum atomic E-state index is 13.0. The van der Waals surface area contributed by atoms with E-state index >= 15 is 0 Å². The Morgan fingerprint density at radius 1 is 0.844 bits per heavy atom. The molecule has 4 aromatic rings. The number of carbonyl (C=O) groups excluding carboxylic acids is 1. The molecule has 1 aliphatic rings. The number of fused-ring (bicyclic) bond motifs is 2. The summed E-state index contributed by atoms with van der Waals surface area (Å²) in [6.45, 7) is 0.692. The summed E-state index contributed by atoms with van der Waals surface area (Å²) in [7, 11) is 0. The first-order chi connectivity index (χ1) is 15.7. The number of hydrogen-bond acceptors (Lipinski definition) is 3. The molecule has 6 heteroatoms. The summed E-state index contributed by atoms with van der Waals surface area (Å²) in [6, 6.07) is 21.6. The zero-order valence-corrected chi connectivity index (χ0v) is 17.9. The average molecular weight is 427 g/mol. The van der Waals surface area contributed by atoms with E-state index in [9.17, 15) is 9.59 Å². The van der Waals surface area contributed by atoms with E-state index in [1.807, 2.05) is 48.5 Å². The van der Waals surface area contributed by atoms with E-state index < -0.39 is 0 Å².